The Kier molecular flexibility index (Phi) is 7.70. The van der Waals surface area contributed by atoms with E-state index in [2.05, 4.69) is 0 Å². The largest absolute Gasteiger partial charge is 0.514 e. The maximum absolute atomic E-state index is 13.8. The summed E-state index contributed by atoms with van der Waals surface area (Å²) in [6, 6.07) is 13.8. The lowest BCUT2D eigenvalue weighted by molar-refractivity contribution is -0.190. The van der Waals surface area contributed by atoms with E-state index < -0.39 is 47.4 Å². The number of rotatable bonds is 7. The molecule has 2 aromatic heterocycles. The van der Waals surface area contributed by atoms with Crippen LogP contribution in [-0.2, 0) is 42.6 Å². The number of nitrogens with zero attached hydrogens (tertiary/aromatic N) is 2. The van der Waals surface area contributed by atoms with Crippen LogP contribution in [0.2, 0.25) is 0 Å². The average molecular weight is 643 g/mol. The van der Waals surface area contributed by atoms with Crippen LogP contribution in [0.15, 0.2) is 59.4 Å². The predicted molar refractivity (Wildman–Crippen MR) is 164 cm³/mol. The van der Waals surface area contributed by atoms with Crippen LogP contribution < -0.4 is 15.0 Å². The fourth-order valence-corrected chi connectivity index (χ4v) is 5.61. The maximum Gasteiger partial charge on any atom is 0.514 e. The maximum atomic E-state index is 13.8. The van der Waals surface area contributed by atoms with Crippen molar-refractivity contribution in [2.75, 3.05) is 6.61 Å². The summed E-state index contributed by atoms with van der Waals surface area (Å²) in [6.07, 6.45) is -0.868. The van der Waals surface area contributed by atoms with E-state index in [1.165, 1.54) is 28.8 Å². The third-order valence-electron chi connectivity index (χ3n) is 7.78. The van der Waals surface area contributed by atoms with E-state index in [1.54, 1.807) is 52.0 Å². The molecule has 47 heavy (non-hydrogen) atoms. The number of aromatic carboxylic acids is 1. The van der Waals surface area contributed by atoms with Crippen molar-refractivity contribution in [1.82, 2.24) is 9.55 Å². The molecule has 0 fully saturated rings. The van der Waals surface area contributed by atoms with E-state index in [0.717, 1.165) is 5.56 Å². The van der Waals surface area contributed by atoms with Gasteiger partial charge in [0.05, 0.1) is 34.6 Å². The molecule has 242 valence electrons. The van der Waals surface area contributed by atoms with Crippen molar-refractivity contribution in [3.63, 3.8) is 0 Å². The smallest absolute Gasteiger partial charge is 0.482 e. The molecule has 0 amide bonds. The number of fused-ring (bicyclic) bond motifs is 5. The SMILES string of the molecule is CC[C@@]1(OC(=O)COc2ccc(C(=O)O)cc2)C(=O)OCc2c1cc1n(c2=O)Cc2cc3cc(OC(=O)OC(C)(C)C)ccc3nc2-1. The first-order valence-electron chi connectivity index (χ1n) is 14.8. The Bertz CT molecular complexity index is 2030. The first kappa shape index (κ1) is 31.3. The Morgan fingerprint density at radius 1 is 1.02 bits per heavy atom. The Labute approximate surface area is 267 Å². The van der Waals surface area contributed by atoms with Crippen molar-refractivity contribution in [3.05, 3.63) is 87.2 Å². The Morgan fingerprint density at radius 2 is 1.74 bits per heavy atom. The standard InChI is InChI=1S/C34H30N2O11/c1-5-34(46-27(37)17-43-21-8-6-18(7-9-21)30(39)40)24-14-26-28-20(15-36(26)29(38)23(24)16-44-31(34)41)12-19-13-22(10-11-25(19)35-28)45-32(42)47-33(2,3)4/h6-14H,5,15-17H2,1-4H3,(H,39,40)/t34-/m0/s1. The molecule has 2 aromatic carbocycles. The highest BCUT2D eigenvalue weighted by molar-refractivity contribution is 5.89. The number of hydrogen-bond donors (Lipinski definition) is 1. The highest BCUT2D eigenvalue weighted by Gasteiger charge is 2.50. The molecule has 13 heteroatoms. The van der Waals surface area contributed by atoms with Crippen molar-refractivity contribution in [2.45, 2.75) is 58.5 Å². The summed E-state index contributed by atoms with van der Waals surface area (Å²) in [4.78, 5) is 68.2. The predicted octanol–water partition coefficient (Wildman–Crippen LogP) is 4.72. The molecule has 2 aliphatic heterocycles. The molecule has 4 heterocycles. The van der Waals surface area contributed by atoms with Crippen LogP contribution >= 0.6 is 0 Å². The van der Waals surface area contributed by atoms with Gasteiger partial charge in [-0.3, -0.25) is 4.79 Å². The summed E-state index contributed by atoms with van der Waals surface area (Å²) in [6.45, 7) is 6.15. The zero-order valence-electron chi connectivity index (χ0n) is 25.9. The molecule has 0 unspecified atom stereocenters. The number of carboxylic acid groups (broad SMARTS) is 1. The van der Waals surface area contributed by atoms with E-state index >= 15 is 0 Å². The van der Waals surface area contributed by atoms with Crippen LogP contribution in [0.25, 0.3) is 22.3 Å². The number of esters is 2. The van der Waals surface area contributed by atoms with E-state index in [-0.39, 0.29) is 47.8 Å². The molecule has 0 saturated heterocycles. The molecule has 0 radical (unpaired) electrons. The van der Waals surface area contributed by atoms with Gasteiger partial charge < -0.3 is 33.4 Å². The number of carbonyl (C=O) groups excluding carboxylic acids is 3. The lowest BCUT2D eigenvalue weighted by Crippen LogP contribution is -2.48. The topological polar surface area (TPSA) is 170 Å². The van der Waals surface area contributed by atoms with Gasteiger partial charge in [0, 0.05) is 16.5 Å². The van der Waals surface area contributed by atoms with Gasteiger partial charge in [0.1, 0.15) is 23.7 Å². The molecular formula is C34H30N2O11. The molecule has 2 aliphatic rings. The second-order valence-corrected chi connectivity index (χ2v) is 12.1. The molecule has 0 bridgehead atoms. The fraction of sp³-hybridized carbons (Fsp3) is 0.294. The van der Waals surface area contributed by atoms with Gasteiger partial charge in [-0.2, -0.15) is 0 Å². The third-order valence-corrected chi connectivity index (χ3v) is 7.78. The van der Waals surface area contributed by atoms with E-state index in [1.807, 2.05) is 6.07 Å². The number of carboxylic acids is 1. The number of carbonyl (C=O) groups is 4. The van der Waals surface area contributed by atoms with Gasteiger partial charge in [-0.05, 0) is 81.8 Å². The van der Waals surface area contributed by atoms with E-state index in [0.29, 0.717) is 22.3 Å². The summed E-state index contributed by atoms with van der Waals surface area (Å²) < 4.78 is 28.7. The van der Waals surface area contributed by atoms with Gasteiger partial charge in [-0.1, -0.05) is 6.92 Å². The Balaban J connectivity index is 1.30. The van der Waals surface area contributed by atoms with Gasteiger partial charge in [-0.15, -0.1) is 0 Å². The highest BCUT2D eigenvalue weighted by atomic mass is 16.7. The summed E-state index contributed by atoms with van der Waals surface area (Å²) in [7, 11) is 0. The van der Waals surface area contributed by atoms with Crippen molar-refractivity contribution in [1.29, 1.82) is 0 Å². The highest BCUT2D eigenvalue weighted by Crippen LogP contribution is 2.41. The van der Waals surface area contributed by atoms with Gasteiger partial charge in [-0.25, -0.2) is 24.2 Å². The quantitative estimate of drug-likeness (QED) is 0.147. The molecule has 6 rings (SSSR count). The number of hydrogen-bond acceptors (Lipinski definition) is 11. The molecule has 13 nitrogen and oxygen atoms in total. The minimum atomic E-state index is -1.91. The molecule has 4 aromatic rings. The van der Waals surface area contributed by atoms with Crippen LogP contribution in [0.5, 0.6) is 11.5 Å². The lowest BCUT2D eigenvalue weighted by Gasteiger charge is -2.35. The molecule has 0 saturated carbocycles. The minimum absolute atomic E-state index is 0.0286. The first-order chi connectivity index (χ1) is 22.3. The van der Waals surface area contributed by atoms with Gasteiger partial charge in [0.25, 0.3) is 5.56 Å². The van der Waals surface area contributed by atoms with Gasteiger partial charge in [0.2, 0.25) is 5.60 Å². The second-order valence-electron chi connectivity index (χ2n) is 12.1. The molecule has 0 spiro atoms. The molecule has 1 N–H and O–H groups in total. The fourth-order valence-electron chi connectivity index (χ4n) is 5.61. The van der Waals surface area contributed by atoms with Crippen LogP contribution in [0.4, 0.5) is 4.79 Å². The number of ether oxygens (including phenoxy) is 5. The normalized spacial score (nSPS) is 16.4. The zero-order valence-corrected chi connectivity index (χ0v) is 25.9. The molecule has 1 atom stereocenters. The monoisotopic (exact) mass is 642 g/mol. The number of aromatic nitrogens is 2. The van der Waals surface area contributed by atoms with Crippen LogP contribution in [0.3, 0.4) is 0 Å². The minimum Gasteiger partial charge on any atom is -0.482 e. The van der Waals surface area contributed by atoms with E-state index in [9.17, 15) is 24.0 Å². The second kappa shape index (κ2) is 11.6. The lowest BCUT2D eigenvalue weighted by atomic mass is 9.85. The van der Waals surface area contributed by atoms with Crippen molar-refractivity contribution < 1.29 is 48.0 Å². The van der Waals surface area contributed by atoms with E-state index in [4.69, 9.17) is 33.8 Å². The zero-order chi connectivity index (χ0) is 33.7. The van der Waals surface area contributed by atoms with Crippen LogP contribution in [0, 0.1) is 0 Å². The number of cyclic esters (lactones) is 1. The van der Waals surface area contributed by atoms with Crippen molar-refractivity contribution in [2.24, 2.45) is 0 Å². The molecule has 0 aliphatic carbocycles. The van der Waals surface area contributed by atoms with Crippen LogP contribution in [-0.4, -0.2) is 50.9 Å². The number of pyridine rings is 2. The summed E-state index contributed by atoms with van der Waals surface area (Å²) >= 11 is 0. The van der Waals surface area contributed by atoms with Gasteiger partial charge in [0.15, 0.2) is 6.61 Å². The third kappa shape index (κ3) is 5.87. The van der Waals surface area contributed by atoms with Gasteiger partial charge >= 0.3 is 24.1 Å². The average Bonchev–Trinajstić information content (AvgIpc) is 3.37. The molecular weight excluding hydrogens is 612 g/mol. The van der Waals surface area contributed by atoms with Crippen molar-refractivity contribution in [3.8, 4) is 22.9 Å². The summed E-state index contributed by atoms with van der Waals surface area (Å²) in [5.74, 6) is -2.34. The first-order valence-corrected chi connectivity index (χ1v) is 14.8. The Hall–Kier alpha value is -5.72. The summed E-state index contributed by atoms with van der Waals surface area (Å²) in [5.41, 5.74) is -0.357. The van der Waals surface area contributed by atoms with Crippen LogP contribution in [0.1, 0.15) is 61.2 Å². The summed E-state index contributed by atoms with van der Waals surface area (Å²) in [5, 5.41) is 9.74. The number of benzene rings is 2. The van der Waals surface area contributed by atoms with Crippen molar-refractivity contribution >= 4 is 35.0 Å². The Morgan fingerprint density at radius 3 is 2.43 bits per heavy atom.